The molecule has 2 N–H and O–H groups in total. The molecule has 0 aromatic heterocycles. The Hall–Kier alpha value is -2.83. The van der Waals surface area contributed by atoms with E-state index in [1.54, 1.807) is 4.90 Å². The van der Waals surface area contributed by atoms with Crippen LogP contribution in [0.2, 0.25) is 0 Å². The Bertz CT molecular complexity index is 994. The summed E-state index contributed by atoms with van der Waals surface area (Å²) in [7, 11) is 0. The first-order chi connectivity index (χ1) is 14.6. The van der Waals surface area contributed by atoms with Crippen LogP contribution in [0.5, 0.6) is 5.75 Å². The van der Waals surface area contributed by atoms with Gasteiger partial charge in [-0.25, -0.2) is 4.79 Å². The number of nitrogens with one attached hydrogen (secondary N) is 2. The van der Waals surface area contributed by atoms with E-state index >= 15 is 0 Å². The molecule has 2 fully saturated rings. The first-order valence-corrected chi connectivity index (χ1v) is 11.1. The van der Waals surface area contributed by atoms with E-state index in [0.717, 1.165) is 62.9 Å². The highest BCUT2D eigenvalue weighted by Gasteiger charge is 2.55. The summed E-state index contributed by atoms with van der Waals surface area (Å²) in [5.41, 5.74) is 3.24. The zero-order chi connectivity index (χ0) is 20.4. The topological polar surface area (TPSA) is 87.7 Å². The van der Waals surface area contributed by atoms with Gasteiger partial charge in [0.1, 0.15) is 5.75 Å². The summed E-state index contributed by atoms with van der Waals surface area (Å²) in [6, 6.07) is 5.73. The summed E-state index contributed by atoms with van der Waals surface area (Å²) in [6.45, 7) is 1.47. The molecule has 1 aromatic carbocycles. The van der Waals surface area contributed by atoms with Crippen LogP contribution in [0.4, 0.5) is 10.5 Å². The Balaban J connectivity index is 1.35. The third-order valence-electron chi connectivity index (χ3n) is 7.58. The number of rotatable bonds is 1. The van der Waals surface area contributed by atoms with Crippen molar-refractivity contribution in [2.24, 2.45) is 11.8 Å². The molecular weight excluding hydrogens is 382 g/mol. The number of nitrogens with zero attached hydrogens (tertiary/aromatic N) is 1. The Morgan fingerprint density at radius 3 is 2.63 bits per heavy atom. The highest BCUT2D eigenvalue weighted by atomic mass is 16.6. The zero-order valence-electron chi connectivity index (χ0n) is 16.8. The lowest BCUT2D eigenvalue weighted by Crippen LogP contribution is -2.39. The number of likely N-dealkylation sites (tertiary alicyclic amines) is 1. The Morgan fingerprint density at radius 1 is 1.00 bits per heavy atom. The van der Waals surface area contributed by atoms with Gasteiger partial charge in [-0.2, -0.15) is 0 Å². The quantitative estimate of drug-likeness (QED) is 0.699. The minimum Gasteiger partial charge on any atom is -0.410 e. The second-order valence-corrected chi connectivity index (χ2v) is 9.12. The molecule has 3 heterocycles. The average Bonchev–Trinajstić information content (AvgIpc) is 3.44. The smallest absolute Gasteiger partial charge is 0.410 e. The van der Waals surface area contributed by atoms with Gasteiger partial charge in [0.15, 0.2) is 0 Å². The molecule has 5 aliphatic rings. The number of ether oxygens (including phenoxy) is 1. The molecule has 2 aliphatic carbocycles. The molecule has 1 saturated heterocycles. The van der Waals surface area contributed by atoms with Crippen molar-refractivity contribution in [3.8, 4) is 5.75 Å². The Kier molecular flexibility index (Phi) is 3.95. The van der Waals surface area contributed by atoms with Crippen molar-refractivity contribution in [2.45, 2.75) is 50.5 Å². The Labute approximate surface area is 174 Å². The fraction of sp³-hybridized carbons (Fsp3) is 0.522. The maximum absolute atomic E-state index is 12.7. The van der Waals surface area contributed by atoms with Gasteiger partial charge in [-0.1, -0.05) is 6.42 Å². The van der Waals surface area contributed by atoms with Crippen LogP contribution in [0.15, 0.2) is 29.3 Å². The van der Waals surface area contributed by atoms with Crippen LogP contribution in [-0.4, -0.2) is 41.9 Å². The van der Waals surface area contributed by atoms with Crippen LogP contribution >= 0.6 is 0 Å². The number of hydrogen-bond acceptors (Lipinski definition) is 5. The lowest BCUT2D eigenvalue weighted by molar-refractivity contribution is -0.124. The molecule has 7 nitrogen and oxygen atoms in total. The summed E-state index contributed by atoms with van der Waals surface area (Å²) in [5, 5.41) is 6.16. The number of hydrogen-bond donors (Lipinski definition) is 2. The van der Waals surface area contributed by atoms with Crippen molar-refractivity contribution in [1.82, 2.24) is 10.2 Å². The molecule has 4 unspecified atom stereocenters. The van der Waals surface area contributed by atoms with Gasteiger partial charge in [0, 0.05) is 41.9 Å². The molecule has 4 atom stereocenters. The Morgan fingerprint density at radius 2 is 1.80 bits per heavy atom. The molecule has 1 aromatic rings. The minimum atomic E-state index is -0.314. The molecule has 3 aliphatic heterocycles. The fourth-order valence-corrected chi connectivity index (χ4v) is 6.32. The summed E-state index contributed by atoms with van der Waals surface area (Å²) < 4.78 is 5.68. The SMILES string of the molecule is O=C1NC(=O)C2=C1C1CCCC1C1Nc3ccc(OC(=O)N4CCCCC4)cc3C21. The number of carbonyl (C=O) groups excluding carboxylic acids is 3. The lowest BCUT2D eigenvalue weighted by atomic mass is 9.68. The number of imide groups is 1. The van der Waals surface area contributed by atoms with E-state index in [0.29, 0.717) is 22.8 Å². The van der Waals surface area contributed by atoms with E-state index in [2.05, 4.69) is 10.6 Å². The number of fused-ring (bicyclic) bond motifs is 7. The number of piperidine rings is 1. The molecule has 0 bridgehead atoms. The monoisotopic (exact) mass is 407 g/mol. The van der Waals surface area contributed by atoms with E-state index in [1.807, 2.05) is 18.2 Å². The highest BCUT2D eigenvalue weighted by Crippen LogP contribution is 2.56. The number of amides is 3. The first kappa shape index (κ1) is 18.0. The number of carbonyl (C=O) groups is 3. The first-order valence-electron chi connectivity index (χ1n) is 11.1. The highest BCUT2D eigenvalue weighted by molar-refractivity contribution is 6.21. The number of benzene rings is 1. The molecule has 3 amide bonds. The minimum absolute atomic E-state index is 0.107. The predicted molar refractivity (Wildman–Crippen MR) is 109 cm³/mol. The van der Waals surface area contributed by atoms with E-state index < -0.39 is 0 Å². The van der Waals surface area contributed by atoms with Crippen molar-refractivity contribution in [3.05, 3.63) is 34.9 Å². The average molecular weight is 407 g/mol. The van der Waals surface area contributed by atoms with E-state index in [1.165, 1.54) is 0 Å². The molecule has 1 saturated carbocycles. The van der Waals surface area contributed by atoms with E-state index in [9.17, 15) is 14.4 Å². The van der Waals surface area contributed by atoms with Crippen molar-refractivity contribution < 1.29 is 19.1 Å². The van der Waals surface area contributed by atoms with Gasteiger partial charge in [-0.05, 0) is 67.7 Å². The van der Waals surface area contributed by atoms with Crippen molar-refractivity contribution in [2.75, 3.05) is 18.4 Å². The van der Waals surface area contributed by atoms with Gasteiger partial charge < -0.3 is 15.0 Å². The molecule has 30 heavy (non-hydrogen) atoms. The maximum atomic E-state index is 12.7. The van der Waals surface area contributed by atoms with Crippen molar-refractivity contribution in [3.63, 3.8) is 0 Å². The maximum Gasteiger partial charge on any atom is 0.415 e. The van der Waals surface area contributed by atoms with Crippen LogP contribution in [0.25, 0.3) is 0 Å². The summed E-state index contributed by atoms with van der Waals surface area (Å²) >= 11 is 0. The van der Waals surface area contributed by atoms with E-state index in [-0.39, 0.29) is 35.8 Å². The van der Waals surface area contributed by atoms with E-state index in [4.69, 9.17) is 4.74 Å². The van der Waals surface area contributed by atoms with Crippen LogP contribution in [0.1, 0.15) is 50.0 Å². The standard InChI is InChI=1S/C23H25N3O4/c27-21-18-13-5-4-6-14(13)20-17(19(18)22(28)25-21)15-11-12(7-8-16(15)24-20)30-23(29)26-9-2-1-3-10-26/h7-8,11,13-14,17,20,24H,1-6,9-10H2,(H,25,27,28). The van der Waals surface area contributed by atoms with Gasteiger partial charge in [-0.15, -0.1) is 0 Å². The van der Waals surface area contributed by atoms with Crippen LogP contribution in [0, 0.1) is 11.8 Å². The third-order valence-corrected chi connectivity index (χ3v) is 7.58. The van der Waals surface area contributed by atoms with Gasteiger partial charge in [-0.3, -0.25) is 14.9 Å². The zero-order valence-corrected chi connectivity index (χ0v) is 16.8. The largest absolute Gasteiger partial charge is 0.415 e. The fourth-order valence-electron chi connectivity index (χ4n) is 6.32. The summed E-state index contributed by atoms with van der Waals surface area (Å²) in [5.74, 6) is 0.344. The van der Waals surface area contributed by atoms with Gasteiger partial charge >= 0.3 is 6.09 Å². The molecule has 6 rings (SSSR count). The predicted octanol–water partition coefficient (Wildman–Crippen LogP) is 2.93. The normalized spacial score (nSPS) is 31.5. The molecular formula is C23H25N3O4. The second-order valence-electron chi connectivity index (χ2n) is 9.12. The molecule has 0 radical (unpaired) electrons. The summed E-state index contributed by atoms with van der Waals surface area (Å²) in [6.07, 6.45) is 5.95. The van der Waals surface area contributed by atoms with Crippen LogP contribution in [0.3, 0.4) is 0 Å². The lowest BCUT2D eigenvalue weighted by Gasteiger charge is -2.36. The molecule has 0 spiro atoms. The van der Waals surface area contributed by atoms with Crippen LogP contribution in [-0.2, 0) is 9.59 Å². The van der Waals surface area contributed by atoms with Gasteiger partial charge in [0.05, 0.1) is 0 Å². The van der Waals surface area contributed by atoms with Gasteiger partial charge in [0.25, 0.3) is 11.8 Å². The van der Waals surface area contributed by atoms with Crippen molar-refractivity contribution in [1.29, 1.82) is 0 Å². The number of anilines is 1. The molecule has 156 valence electrons. The van der Waals surface area contributed by atoms with Crippen molar-refractivity contribution >= 4 is 23.6 Å². The second kappa shape index (κ2) is 6.59. The van der Waals surface area contributed by atoms with Gasteiger partial charge in [0.2, 0.25) is 0 Å². The van der Waals surface area contributed by atoms with Crippen LogP contribution < -0.4 is 15.4 Å². The molecule has 7 heteroatoms. The third kappa shape index (κ3) is 2.53. The summed E-state index contributed by atoms with van der Waals surface area (Å²) in [4.78, 5) is 39.6.